The van der Waals surface area contributed by atoms with Crippen LogP contribution in [-0.4, -0.2) is 11.8 Å². The van der Waals surface area contributed by atoms with Crippen LogP contribution in [0.4, 0.5) is 5.69 Å². The maximum Gasteiger partial charge on any atom is 0.248 e. The summed E-state index contributed by atoms with van der Waals surface area (Å²) < 4.78 is 0. The summed E-state index contributed by atoms with van der Waals surface area (Å²) in [6.07, 6.45) is 3.64. The lowest BCUT2D eigenvalue weighted by Gasteiger charge is -2.28. The van der Waals surface area contributed by atoms with Crippen molar-refractivity contribution < 1.29 is 9.59 Å². The van der Waals surface area contributed by atoms with Gasteiger partial charge in [-0.3, -0.25) is 9.59 Å². The summed E-state index contributed by atoms with van der Waals surface area (Å²) in [6.45, 7) is 0. The molecule has 0 unspecified atom stereocenters. The molecule has 0 radical (unpaired) electrons. The highest BCUT2D eigenvalue weighted by Crippen LogP contribution is 2.42. The largest absolute Gasteiger partial charge is 0.366 e. The van der Waals surface area contributed by atoms with Gasteiger partial charge in [-0.2, -0.15) is 0 Å². The lowest BCUT2D eigenvalue weighted by Crippen LogP contribution is -2.38. The molecule has 124 valence electrons. The monoisotopic (exact) mass is 342 g/mol. The number of nitrogens with two attached hydrogens (primary N) is 1. The average molecular weight is 343 g/mol. The van der Waals surface area contributed by atoms with Crippen LogP contribution in [0.2, 0.25) is 5.02 Å². The third kappa shape index (κ3) is 3.15. The second-order valence-corrected chi connectivity index (χ2v) is 6.63. The Morgan fingerprint density at radius 1 is 1.04 bits per heavy atom. The summed E-state index contributed by atoms with van der Waals surface area (Å²) in [5, 5.41) is 3.61. The Morgan fingerprint density at radius 3 is 2.29 bits per heavy atom. The van der Waals surface area contributed by atoms with E-state index in [2.05, 4.69) is 5.32 Å². The number of anilines is 1. The van der Waals surface area contributed by atoms with E-state index in [1.165, 1.54) is 0 Å². The van der Waals surface area contributed by atoms with Gasteiger partial charge in [0, 0.05) is 16.3 Å². The van der Waals surface area contributed by atoms with E-state index >= 15 is 0 Å². The van der Waals surface area contributed by atoms with Crippen molar-refractivity contribution in [1.29, 1.82) is 0 Å². The SMILES string of the molecule is NC(=O)c1ccc(NC(=O)C2(c3cccc(Cl)c3)CCCC2)cc1. The molecule has 0 bridgehead atoms. The van der Waals surface area contributed by atoms with Gasteiger partial charge in [0.25, 0.3) is 0 Å². The van der Waals surface area contributed by atoms with Crippen LogP contribution in [0.25, 0.3) is 0 Å². The predicted molar refractivity (Wildman–Crippen MR) is 95.2 cm³/mol. The summed E-state index contributed by atoms with van der Waals surface area (Å²) in [5.41, 5.74) is 6.71. The van der Waals surface area contributed by atoms with E-state index in [-0.39, 0.29) is 5.91 Å². The maximum absolute atomic E-state index is 13.0. The summed E-state index contributed by atoms with van der Waals surface area (Å²) in [5.74, 6) is -0.520. The Hall–Kier alpha value is -2.33. The van der Waals surface area contributed by atoms with E-state index in [9.17, 15) is 9.59 Å². The van der Waals surface area contributed by atoms with Gasteiger partial charge in [-0.1, -0.05) is 36.6 Å². The van der Waals surface area contributed by atoms with Gasteiger partial charge in [0.2, 0.25) is 11.8 Å². The lowest BCUT2D eigenvalue weighted by atomic mass is 9.78. The summed E-state index contributed by atoms with van der Waals surface area (Å²) >= 11 is 6.12. The van der Waals surface area contributed by atoms with Gasteiger partial charge >= 0.3 is 0 Å². The van der Waals surface area contributed by atoms with Crippen molar-refractivity contribution in [3.63, 3.8) is 0 Å². The first kappa shape index (κ1) is 16.5. The molecule has 3 N–H and O–H groups in total. The zero-order valence-electron chi connectivity index (χ0n) is 13.2. The van der Waals surface area contributed by atoms with Crippen molar-refractivity contribution in [2.24, 2.45) is 5.73 Å². The molecule has 0 aromatic heterocycles. The number of halogens is 1. The molecule has 0 aliphatic heterocycles. The van der Waals surface area contributed by atoms with Crippen LogP contribution < -0.4 is 11.1 Å². The molecule has 0 atom stereocenters. The second-order valence-electron chi connectivity index (χ2n) is 6.20. The van der Waals surface area contributed by atoms with Gasteiger partial charge in [-0.05, 0) is 54.8 Å². The third-order valence-electron chi connectivity index (χ3n) is 4.70. The highest BCUT2D eigenvalue weighted by atomic mass is 35.5. The highest BCUT2D eigenvalue weighted by molar-refractivity contribution is 6.30. The molecule has 5 heteroatoms. The van der Waals surface area contributed by atoms with Gasteiger partial charge in [0.1, 0.15) is 0 Å². The van der Waals surface area contributed by atoms with Gasteiger partial charge in [-0.25, -0.2) is 0 Å². The molecular formula is C19H19ClN2O2. The molecule has 0 heterocycles. The molecule has 0 saturated heterocycles. The van der Waals surface area contributed by atoms with Crippen LogP contribution in [0.1, 0.15) is 41.6 Å². The molecule has 2 amide bonds. The minimum Gasteiger partial charge on any atom is -0.366 e. The second kappa shape index (κ2) is 6.65. The normalized spacial score (nSPS) is 15.9. The van der Waals surface area contributed by atoms with Crippen LogP contribution in [-0.2, 0) is 10.2 Å². The summed E-state index contributed by atoms with van der Waals surface area (Å²) in [6, 6.07) is 14.1. The number of nitrogens with one attached hydrogen (secondary N) is 1. The number of rotatable bonds is 4. The van der Waals surface area contributed by atoms with Crippen molar-refractivity contribution >= 4 is 29.1 Å². The standard InChI is InChI=1S/C19H19ClN2O2/c20-15-5-3-4-14(12-15)19(10-1-2-11-19)18(24)22-16-8-6-13(7-9-16)17(21)23/h3-9,12H,1-2,10-11H2,(H2,21,23)(H,22,24). The van der Waals surface area contributed by atoms with Crippen LogP contribution >= 0.6 is 11.6 Å². The van der Waals surface area contributed by atoms with E-state index in [0.29, 0.717) is 16.3 Å². The van der Waals surface area contributed by atoms with Crippen molar-refractivity contribution in [3.8, 4) is 0 Å². The van der Waals surface area contributed by atoms with Crippen molar-refractivity contribution in [2.45, 2.75) is 31.1 Å². The topological polar surface area (TPSA) is 72.2 Å². The fourth-order valence-corrected chi connectivity index (χ4v) is 3.57. The fourth-order valence-electron chi connectivity index (χ4n) is 3.38. The Labute approximate surface area is 146 Å². The minimum atomic E-state index is -0.548. The van der Waals surface area contributed by atoms with Gasteiger partial charge in [0.05, 0.1) is 5.41 Å². The molecule has 1 aliphatic carbocycles. The zero-order valence-corrected chi connectivity index (χ0v) is 14.0. The van der Waals surface area contributed by atoms with E-state index in [1.54, 1.807) is 24.3 Å². The number of carbonyl (C=O) groups is 2. The first-order valence-electron chi connectivity index (χ1n) is 7.99. The van der Waals surface area contributed by atoms with E-state index in [0.717, 1.165) is 31.2 Å². The van der Waals surface area contributed by atoms with Gasteiger partial charge < -0.3 is 11.1 Å². The van der Waals surface area contributed by atoms with Crippen LogP contribution in [0.3, 0.4) is 0 Å². The highest BCUT2D eigenvalue weighted by Gasteiger charge is 2.42. The molecule has 4 nitrogen and oxygen atoms in total. The zero-order chi connectivity index (χ0) is 17.2. The number of benzene rings is 2. The Bertz CT molecular complexity index is 765. The number of hydrogen-bond acceptors (Lipinski definition) is 2. The van der Waals surface area contributed by atoms with Crippen LogP contribution in [0.5, 0.6) is 0 Å². The number of hydrogen-bond donors (Lipinski definition) is 2. The van der Waals surface area contributed by atoms with E-state index < -0.39 is 11.3 Å². The van der Waals surface area contributed by atoms with Gasteiger partial charge in [0.15, 0.2) is 0 Å². The average Bonchev–Trinajstić information content (AvgIpc) is 3.06. The molecule has 3 rings (SSSR count). The summed E-state index contributed by atoms with van der Waals surface area (Å²) in [7, 11) is 0. The smallest absolute Gasteiger partial charge is 0.248 e. The van der Waals surface area contributed by atoms with Crippen molar-refractivity contribution in [2.75, 3.05) is 5.32 Å². The molecule has 0 spiro atoms. The molecule has 24 heavy (non-hydrogen) atoms. The van der Waals surface area contributed by atoms with E-state index in [1.807, 2.05) is 24.3 Å². The maximum atomic E-state index is 13.0. The molecule has 1 fully saturated rings. The predicted octanol–water partition coefficient (Wildman–Crippen LogP) is 3.89. The fraction of sp³-hybridized carbons (Fsp3) is 0.263. The Balaban J connectivity index is 1.86. The van der Waals surface area contributed by atoms with E-state index in [4.69, 9.17) is 17.3 Å². The lowest BCUT2D eigenvalue weighted by molar-refractivity contribution is -0.121. The third-order valence-corrected chi connectivity index (χ3v) is 4.93. The molecule has 1 aliphatic rings. The first-order valence-corrected chi connectivity index (χ1v) is 8.36. The van der Waals surface area contributed by atoms with Crippen LogP contribution in [0.15, 0.2) is 48.5 Å². The van der Waals surface area contributed by atoms with Crippen molar-refractivity contribution in [1.82, 2.24) is 0 Å². The number of primary amides is 1. The molecular weight excluding hydrogens is 324 g/mol. The number of carbonyl (C=O) groups excluding carboxylic acids is 2. The van der Waals surface area contributed by atoms with Crippen LogP contribution in [0, 0.1) is 0 Å². The van der Waals surface area contributed by atoms with Crippen molar-refractivity contribution in [3.05, 3.63) is 64.7 Å². The summed E-state index contributed by atoms with van der Waals surface area (Å²) in [4.78, 5) is 24.2. The molecule has 1 saturated carbocycles. The Kier molecular flexibility index (Phi) is 4.58. The minimum absolute atomic E-state index is 0.0332. The molecule has 2 aromatic carbocycles. The Morgan fingerprint density at radius 2 is 1.71 bits per heavy atom. The number of amides is 2. The first-order chi connectivity index (χ1) is 11.5. The van der Waals surface area contributed by atoms with Gasteiger partial charge in [-0.15, -0.1) is 0 Å². The quantitative estimate of drug-likeness (QED) is 0.884. The molecule has 2 aromatic rings.